The molecule has 0 saturated carbocycles. The van der Waals surface area contributed by atoms with Crippen LogP contribution in [0.1, 0.15) is 60.9 Å². The van der Waals surface area contributed by atoms with Crippen molar-refractivity contribution in [2.45, 2.75) is 62.8 Å². The van der Waals surface area contributed by atoms with Crippen molar-refractivity contribution in [1.82, 2.24) is 19.8 Å². The van der Waals surface area contributed by atoms with Gasteiger partial charge in [0.1, 0.15) is 5.82 Å². The van der Waals surface area contributed by atoms with Gasteiger partial charge >= 0.3 is 0 Å². The molecule has 192 valence electrons. The Bertz CT molecular complexity index is 1350. The monoisotopic (exact) mass is 499 g/mol. The van der Waals surface area contributed by atoms with Crippen LogP contribution in [-0.2, 0) is 17.8 Å². The first-order valence-electron chi connectivity index (χ1n) is 13.2. The quantitative estimate of drug-likeness (QED) is 0.461. The molecule has 0 spiro atoms. The molecule has 8 heteroatoms. The van der Waals surface area contributed by atoms with Gasteiger partial charge < -0.3 is 20.6 Å². The second-order valence-electron chi connectivity index (χ2n) is 10.6. The summed E-state index contributed by atoms with van der Waals surface area (Å²) in [4.78, 5) is 31.7. The lowest BCUT2D eigenvalue weighted by Gasteiger charge is -2.38. The fraction of sp³-hybridized carbons (Fsp3) is 0.414. The summed E-state index contributed by atoms with van der Waals surface area (Å²) in [5.74, 6) is 0.596. The number of aryl methyl sites for hydroxylation is 1. The van der Waals surface area contributed by atoms with E-state index >= 15 is 0 Å². The smallest absolute Gasteiger partial charge is 0.255 e. The van der Waals surface area contributed by atoms with Gasteiger partial charge in [0.15, 0.2) is 0 Å². The molecule has 2 saturated heterocycles. The molecule has 0 aliphatic carbocycles. The summed E-state index contributed by atoms with van der Waals surface area (Å²) in [7, 11) is 0. The van der Waals surface area contributed by atoms with Gasteiger partial charge in [0.25, 0.3) is 5.56 Å². The number of rotatable bonds is 7. The molecule has 2 atom stereocenters. The lowest BCUT2D eigenvalue weighted by atomic mass is 9.91. The summed E-state index contributed by atoms with van der Waals surface area (Å²) in [6.07, 6.45) is 5.89. The van der Waals surface area contributed by atoms with Crippen LogP contribution in [-0.4, -0.2) is 44.2 Å². The number of carbonyl (C=O) groups excluding carboxylic acids is 1. The van der Waals surface area contributed by atoms with Crippen molar-refractivity contribution in [3.8, 4) is 0 Å². The predicted octanol–water partition coefficient (Wildman–Crippen LogP) is 3.45. The molecule has 3 aliphatic rings. The zero-order valence-corrected chi connectivity index (χ0v) is 20.9. The number of hydrogen-bond donors (Lipinski definition) is 3. The van der Waals surface area contributed by atoms with Crippen molar-refractivity contribution < 1.29 is 9.90 Å². The molecule has 1 aromatic heterocycles. The van der Waals surface area contributed by atoms with Gasteiger partial charge in [-0.25, -0.2) is 4.98 Å². The van der Waals surface area contributed by atoms with Crippen LogP contribution in [0.2, 0.25) is 0 Å². The largest absolute Gasteiger partial charge is 0.388 e. The van der Waals surface area contributed by atoms with Gasteiger partial charge in [-0.15, -0.1) is 0 Å². The highest BCUT2D eigenvalue weighted by Crippen LogP contribution is 2.45. The molecule has 2 unspecified atom stereocenters. The Morgan fingerprint density at radius 1 is 1.05 bits per heavy atom. The number of hydrogen-bond acceptors (Lipinski definition) is 6. The third-order valence-electron chi connectivity index (χ3n) is 8.12. The van der Waals surface area contributed by atoms with Crippen molar-refractivity contribution in [2.24, 2.45) is 0 Å². The zero-order valence-electron chi connectivity index (χ0n) is 20.9. The molecular weight excluding hydrogens is 466 g/mol. The Morgan fingerprint density at radius 3 is 2.57 bits per heavy atom. The number of piperidine rings is 1. The number of benzene rings is 2. The van der Waals surface area contributed by atoms with E-state index in [0.29, 0.717) is 56.7 Å². The van der Waals surface area contributed by atoms with Crippen LogP contribution in [0, 0.1) is 0 Å². The second-order valence-corrected chi connectivity index (χ2v) is 10.6. The minimum Gasteiger partial charge on any atom is -0.388 e. The molecule has 8 nitrogen and oxygen atoms in total. The Labute approximate surface area is 216 Å². The van der Waals surface area contributed by atoms with Crippen LogP contribution >= 0.6 is 0 Å². The summed E-state index contributed by atoms with van der Waals surface area (Å²) in [5.41, 5.74) is 3.52. The number of nitrogens with one attached hydrogen (secondary N) is 2. The normalized spacial score (nSPS) is 21.6. The fourth-order valence-electron chi connectivity index (χ4n) is 5.97. The first-order valence-corrected chi connectivity index (χ1v) is 13.2. The topological polar surface area (TPSA) is 99.5 Å². The highest BCUT2D eigenvalue weighted by molar-refractivity contribution is 5.76. The maximum Gasteiger partial charge on any atom is 0.255 e. The van der Waals surface area contributed by atoms with E-state index in [2.05, 4.69) is 27.8 Å². The van der Waals surface area contributed by atoms with Gasteiger partial charge in [0, 0.05) is 43.3 Å². The lowest BCUT2D eigenvalue weighted by Crippen LogP contribution is -2.49. The molecule has 0 radical (unpaired) electrons. The highest BCUT2D eigenvalue weighted by Gasteiger charge is 2.36. The van der Waals surface area contributed by atoms with E-state index in [9.17, 15) is 14.7 Å². The molecule has 3 aliphatic heterocycles. The second kappa shape index (κ2) is 9.76. The SMILES string of the molecule is O=C(CCc1ccccc1)N1CCC(O)(Cn2cnc(Nc3ccc4c(c3)C3CCC4N3)cc2=O)CC1. The Balaban J connectivity index is 1.04. The van der Waals surface area contributed by atoms with Crippen LogP contribution in [0.15, 0.2) is 65.7 Å². The molecular formula is C29H33N5O3. The molecule has 3 aromatic rings. The summed E-state index contributed by atoms with van der Waals surface area (Å²) >= 11 is 0. The van der Waals surface area contributed by atoms with Crippen molar-refractivity contribution in [2.75, 3.05) is 18.4 Å². The maximum atomic E-state index is 12.8. The Morgan fingerprint density at radius 2 is 1.81 bits per heavy atom. The van der Waals surface area contributed by atoms with E-state index in [1.807, 2.05) is 41.3 Å². The van der Waals surface area contributed by atoms with Gasteiger partial charge in [0.2, 0.25) is 5.91 Å². The fourth-order valence-corrected chi connectivity index (χ4v) is 5.97. The van der Waals surface area contributed by atoms with E-state index in [0.717, 1.165) is 17.7 Å². The van der Waals surface area contributed by atoms with E-state index in [-0.39, 0.29) is 18.0 Å². The number of fused-ring (bicyclic) bond motifs is 5. The van der Waals surface area contributed by atoms with Gasteiger partial charge in [-0.1, -0.05) is 36.4 Å². The Kier molecular flexibility index (Phi) is 6.30. The predicted molar refractivity (Wildman–Crippen MR) is 142 cm³/mol. The van der Waals surface area contributed by atoms with E-state index in [1.165, 1.54) is 34.5 Å². The third kappa shape index (κ3) is 5.04. The molecule has 2 fully saturated rings. The van der Waals surface area contributed by atoms with Crippen LogP contribution in [0.25, 0.3) is 0 Å². The summed E-state index contributed by atoms with van der Waals surface area (Å²) in [6.45, 7) is 1.14. The third-order valence-corrected chi connectivity index (χ3v) is 8.12. The molecule has 4 heterocycles. The van der Waals surface area contributed by atoms with E-state index < -0.39 is 5.60 Å². The molecule has 6 rings (SSSR count). The number of aliphatic hydroxyl groups is 1. The first kappa shape index (κ1) is 23.9. The summed E-state index contributed by atoms with van der Waals surface area (Å²) in [6, 6.07) is 18.7. The number of aromatic nitrogens is 2. The minimum atomic E-state index is -1.04. The van der Waals surface area contributed by atoms with Crippen molar-refractivity contribution in [3.63, 3.8) is 0 Å². The van der Waals surface area contributed by atoms with Crippen LogP contribution in [0.4, 0.5) is 11.5 Å². The van der Waals surface area contributed by atoms with Gasteiger partial charge in [-0.05, 0) is 60.9 Å². The lowest BCUT2D eigenvalue weighted by molar-refractivity contribution is -0.135. The molecule has 2 bridgehead atoms. The van der Waals surface area contributed by atoms with E-state index in [4.69, 9.17) is 0 Å². The summed E-state index contributed by atoms with van der Waals surface area (Å²) < 4.78 is 1.46. The van der Waals surface area contributed by atoms with Crippen molar-refractivity contribution >= 4 is 17.4 Å². The number of anilines is 2. The minimum absolute atomic E-state index is 0.107. The van der Waals surface area contributed by atoms with E-state index in [1.54, 1.807) is 0 Å². The number of nitrogens with zero attached hydrogens (tertiary/aromatic N) is 3. The van der Waals surface area contributed by atoms with Gasteiger partial charge in [-0.2, -0.15) is 0 Å². The van der Waals surface area contributed by atoms with Gasteiger partial charge in [-0.3, -0.25) is 14.2 Å². The van der Waals surface area contributed by atoms with Crippen LogP contribution < -0.4 is 16.2 Å². The molecule has 37 heavy (non-hydrogen) atoms. The average molecular weight is 500 g/mol. The average Bonchev–Trinajstić information content (AvgIpc) is 3.53. The maximum absolute atomic E-state index is 12.8. The van der Waals surface area contributed by atoms with Crippen LogP contribution in [0.3, 0.4) is 0 Å². The van der Waals surface area contributed by atoms with Crippen molar-refractivity contribution in [3.05, 3.63) is 88.0 Å². The van der Waals surface area contributed by atoms with Crippen LogP contribution in [0.5, 0.6) is 0 Å². The molecule has 2 aromatic carbocycles. The number of carbonyl (C=O) groups is 1. The summed E-state index contributed by atoms with van der Waals surface area (Å²) in [5, 5.41) is 18.0. The number of amides is 1. The van der Waals surface area contributed by atoms with Crippen molar-refractivity contribution in [1.29, 1.82) is 0 Å². The zero-order chi connectivity index (χ0) is 25.4. The molecule has 3 N–H and O–H groups in total. The van der Waals surface area contributed by atoms with Gasteiger partial charge in [0.05, 0.1) is 18.5 Å². The molecule has 1 amide bonds. The highest BCUT2D eigenvalue weighted by atomic mass is 16.3. The standard InChI is InChI=1S/C29H33N5O3/c35-27(11-6-20-4-2-1-3-5-20)33-14-12-29(37,13-15-33)18-34-19-30-26(17-28(34)36)31-21-7-8-22-23(16-21)25-10-9-24(22)32-25/h1-5,7-8,16-17,19,24-25,31-32,37H,6,9-15,18H2. The first-order chi connectivity index (χ1) is 18.0. The number of likely N-dealkylation sites (tertiary alicyclic amines) is 1. The Hall–Kier alpha value is -3.49.